The Morgan fingerprint density at radius 3 is 2.32 bits per heavy atom. The number of halogens is 2. The minimum absolute atomic E-state index is 0.0522. The van der Waals surface area contributed by atoms with Crippen LogP contribution in [0, 0.1) is 20.8 Å². The van der Waals surface area contributed by atoms with Gasteiger partial charge in [0.1, 0.15) is 0 Å². The summed E-state index contributed by atoms with van der Waals surface area (Å²) in [6.45, 7) is 5.93. The summed E-state index contributed by atoms with van der Waals surface area (Å²) in [6.07, 6.45) is 0. The summed E-state index contributed by atoms with van der Waals surface area (Å²) in [6, 6.07) is 9.42. The molecule has 0 heterocycles. The van der Waals surface area contributed by atoms with Crippen LogP contribution in [-0.4, -0.2) is 5.78 Å². The zero-order chi connectivity index (χ0) is 14.2. The molecule has 2 aromatic rings. The van der Waals surface area contributed by atoms with E-state index in [4.69, 9.17) is 11.6 Å². The number of carbonyl (C=O) groups excluding carboxylic acids is 1. The van der Waals surface area contributed by atoms with Gasteiger partial charge in [-0.3, -0.25) is 4.79 Å². The van der Waals surface area contributed by atoms with Crippen molar-refractivity contribution >= 4 is 33.3 Å². The van der Waals surface area contributed by atoms with Crippen LogP contribution < -0.4 is 0 Å². The molecule has 0 unspecified atom stereocenters. The van der Waals surface area contributed by atoms with E-state index in [9.17, 15) is 4.79 Å². The van der Waals surface area contributed by atoms with Crippen molar-refractivity contribution < 1.29 is 4.79 Å². The summed E-state index contributed by atoms with van der Waals surface area (Å²) in [5.74, 6) is -0.0522. The zero-order valence-electron chi connectivity index (χ0n) is 11.1. The van der Waals surface area contributed by atoms with Gasteiger partial charge in [-0.2, -0.15) is 0 Å². The monoisotopic (exact) mass is 336 g/mol. The van der Waals surface area contributed by atoms with Crippen LogP contribution in [0.5, 0.6) is 0 Å². The van der Waals surface area contributed by atoms with E-state index in [0.717, 1.165) is 21.2 Å². The first-order valence-electron chi connectivity index (χ1n) is 5.97. The normalized spacial score (nSPS) is 10.6. The smallest absolute Gasteiger partial charge is 0.195 e. The van der Waals surface area contributed by atoms with E-state index in [1.54, 1.807) is 0 Å². The molecule has 0 saturated heterocycles. The fourth-order valence-corrected chi connectivity index (χ4v) is 2.64. The van der Waals surface area contributed by atoms with Crippen LogP contribution in [0.3, 0.4) is 0 Å². The highest BCUT2D eigenvalue weighted by Crippen LogP contribution is 2.27. The molecule has 0 aromatic heterocycles. The number of carbonyl (C=O) groups is 1. The van der Waals surface area contributed by atoms with Crippen molar-refractivity contribution in [3.8, 4) is 0 Å². The highest BCUT2D eigenvalue weighted by atomic mass is 79.9. The van der Waals surface area contributed by atoms with Crippen LogP contribution in [0.2, 0.25) is 5.02 Å². The summed E-state index contributed by atoms with van der Waals surface area (Å²) < 4.78 is 0.789. The second kappa shape index (κ2) is 5.48. The second-order valence-electron chi connectivity index (χ2n) is 4.73. The molecular formula is C16H14BrClO. The topological polar surface area (TPSA) is 17.1 Å². The fraction of sp³-hybridized carbons (Fsp3) is 0.188. The maximum Gasteiger partial charge on any atom is 0.195 e. The van der Waals surface area contributed by atoms with E-state index in [0.29, 0.717) is 16.1 Å². The van der Waals surface area contributed by atoms with Crippen molar-refractivity contribution in [3.05, 3.63) is 67.6 Å². The third-order valence-corrected chi connectivity index (χ3v) is 4.20. The Kier molecular flexibility index (Phi) is 4.12. The molecule has 0 radical (unpaired) electrons. The van der Waals surface area contributed by atoms with Crippen LogP contribution in [0.15, 0.2) is 34.8 Å². The third kappa shape index (κ3) is 2.90. The maximum absolute atomic E-state index is 12.6. The number of rotatable bonds is 2. The molecule has 0 saturated carbocycles. The van der Waals surface area contributed by atoms with Gasteiger partial charge in [0.2, 0.25) is 0 Å². The van der Waals surface area contributed by atoms with Gasteiger partial charge in [0.25, 0.3) is 0 Å². The van der Waals surface area contributed by atoms with Crippen LogP contribution in [0.25, 0.3) is 0 Å². The SMILES string of the molecule is Cc1ccc(Br)c(C(=O)c2cc(C)c(C)cc2Cl)c1. The van der Waals surface area contributed by atoms with Gasteiger partial charge in [0.15, 0.2) is 5.78 Å². The Morgan fingerprint density at radius 1 is 1.00 bits per heavy atom. The number of ketones is 1. The Morgan fingerprint density at radius 2 is 1.63 bits per heavy atom. The van der Waals surface area contributed by atoms with Gasteiger partial charge >= 0.3 is 0 Å². The lowest BCUT2D eigenvalue weighted by atomic mass is 9.98. The molecule has 0 spiro atoms. The molecule has 2 rings (SSSR count). The fourth-order valence-electron chi connectivity index (χ4n) is 1.91. The van der Waals surface area contributed by atoms with Crippen molar-refractivity contribution in [2.45, 2.75) is 20.8 Å². The largest absolute Gasteiger partial charge is 0.289 e. The van der Waals surface area contributed by atoms with Crippen molar-refractivity contribution in [3.63, 3.8) is 0 Å². The summed E-state index contributed by atoms with van der Waals surface area (Å²) in [5, 5.41) is 0.501. The quantitative estimate of drug-likeness (QED) is 0.683. The molecule has 0 fully saturated rings. The Hall–Kier alpha value is -1.12. The predicted octanol–water partition coefficient (Wildman–Crippen LogP) is 5.26. The molecular weight excluding hydrogens is 324 g/mol. The van der Waals surface area contributed by atoms with Crippen molar-refractivity contribution in [1.29, 1.82) is 0 Å². The number of hydrogen-bond donors (Lipinski definition) is 0. The summed E-state index contributed by atoms with van der Waals surface area (Å²) >= 11 is 9.62. The molecule has 0 bridgehead atoms. The molecule has 98 valence electrons. The molecule has 3 heteroatoms. The van der Waals surface area contributed by atoms with Gasteiger partial charge < -0.3 is 0 Å². The van der Waals surface area contributed by atoms with E-state index in [-0.39, 0.29) is 5.78 Å². The van der Waals surface area contributed by atoms with Gasteiger partial charge in [0.05, 0.1) is 5.02 Å². The van der Waals surface area contributed by atoms with Gasteiger partial charge in [-0.1, -0.05) is 39.2 Å². The number of hydrogen-bond acceptors (Lipinski definition) is 1. The minimum atomic E-state index is -0.0522. The molecule has 0 aliphatic heterocycles. The first-order valence-corrected chi connectivity index (χ1v) is 7.15. The van der Waals surface area contributed by atoms with Crippen LogP contribution in [0.1, 0.15) is 32.6 Å². The maximum atomic E-state index is 12.6. The van der Waals surface area contributed by atoms with E-state index < -0.39 is 0 Å². The predicted molar refractivity (Wildman–Crippen MR) is 83.2 cm³/mol. The first kappa shape index (κ1) is 14.3. The van der Waals surface area contributed by atoms with E-state index in [1.165, 1.54) is 0 Å². The number of benzene rings is 2. The molecule has 0 aliphatic rings. The van der Waals surface area contributed by atoms with Crippen LogP contribution in [0.4, 0.5) is 0 Å². The Balaban J connectivity index is 2.56. The van der Waals surface area contributed by atoms with Gasteiger partial charge in [-0.15, -0.1) is 0 Å². The first-order chi connectivity index (χ1) is 8.90. The van der Waals surface area contributed by atoms with Gasteiger partial charge in [-0.05, 0) is 56.2 Å². The highest BCUT2D eigenvalue weighted by Gasteiger charge is 2.16. The van der Waals surface area contributed by atoms with E-state index in [2.05, 4.69) is 15.9 Å². The summed E-state index contributed by atoms with van der Waals surface area (Å²) in [4.78, 5) is 12.6. The lowest BCUT2D eigenvalue weighted by molar-refractivity contribution is 0.103. The molecule has 0 N–H and O–H groups in total. The second-order valence-corrected chi connectivity index (χ2v) is 5.99. The lowest BCUT2D eigenvalue weighted by Gasteiger charge is -2.09. The van der Waals surface area contributed by atoms with Gasteiger partial charge in [-0.25, -0.2) is 0 Å². The van der Waals surface area contributed by atoms with E-state index in [1.807, 2.05) is 51.1 Å². The summed E-state index contributed by atoms with van der Waals surface area (Å²) in [5.41, 5.74) is 4.40. The van der Waals surface area contributed by atoms with Crippen molar-refractivity contribution in [2.24, 2.45) is 0 Å². The molecule has 0 amide bonds. The molecule has 19 heavy (non-hydrogen) atoms. The zero-order valence-corrected chi connectivity index (χ0v) is 13.4. The van der Waals surface area contributed by atoms with Crippen LogP contribution in [-0.2, 0) is 0 Å². The Bertz CT molecular complexity index is 662. The lowest BCUT2D eigenvalue weighted by Crippen LogP contribution is -2.05. The third-order valence-electron chi connectivity index (χ3n) is 3.19. The van der Waals surface area contributed by atoms with E-state index >= 15 is 0 Å². The molecule has 0 atom stereocenters. The highest BCUT2D eigenvalue weighted by molar-refractivity contribution is 9.10. The minimum Gasteiger partial charge on any atom is -0.289 e. The van der Waals surface area contributed by atoms with Gasteiger partial charge in [0, 0.05) is 15.6 Å². The molecule has 1 nitrogen and oxygen atoms in total. The van der Waals surface area contributed by atoms with Crippen molar-refractivity contribution in [2.75, 3.05) is 0 Å². The average Bonchev–Trinajstić information content (AvgIpc) is 2.36. The molecule has 0 aliphatic carbocycles. The standard InChI is InChI=1S/C16H14BrClO/c1-9-4-5-14(17)12(6-9)16(19)13-7-10(2)11(3)8-15(13)18/h4-8H,1-3H3. The van der Waals surface area contributed by atoms with Crippen LogP contribution >= 0.6 is 27.5 Å². The molecule has 2 aromatic carbocycles. The van der Waals surface area contributed by atoms with Crippen molar-refractivity contribution in [1.82, 2.24) is 0 Å². The Labute approximate surface area is 126 Å². The summed E-state index contributed by atoms with van der Waals surface area (Å²) in [7, 11) is 0. The average molecular weight is 338 g/mol. The number of aryl methyl sites for hydroxylation is 3.